The first-order valence-electron chi connectivity index (χ1n) is 3.87. The summed E-state index contributed by atoms with van der Waals surface area (Å²) in [4.78, 5) is 2.18. The molecular formula is C6H16I4N2Sn. The summed E-state index contributed by atoms with van der Waals surface area (Å²) in [6, 6.07) is 0. The van der Waals surface area contributed by atoms with Gasteiger partial charge in [0.15, 0.2) is 0 Å². The molecule has 0 radical (unpaired) electrons. The van der Waals surface area contributed by atoms with E-state index in [1.807, 2.05) is 0 Å². The third-order valence-electron chi connectivity index (χ3n) is 1.06. The standard InChI is InChI=1S/C6H16N2.4HI.Sn/c1-8(2)6-4-3-5-7;;;;;/h3-7H2,1-2H3;4*1H;/q;;;;;+4/p-4. The van der Waals surface area contributed by atoms with Crippen molar-refractivity contribution >= 4 is 77.0 Å². The molecule has 2 N–H and O–H groups in total. The van der Waals surface area contributed by atoms with Gasteiger partial charge in [0.2, 0.25) is 0 Å². The average molecular weight is 743 g/mol. The Morgan fingerprint density at radius 1 is 1.08 bits per heavy atom. The van der Waals surface area contributed by atoms with E-state index in [1.165, 1.54) is 6.42 Å². The molecule has 0 atom stereocenters. The van der Waals surface area contributed by atoms with Gasteiger partial charge in [0, 0.05) is 0 Å². The van der Waals surface area contributed by atoms with E-state index < -0.39 is 2.50 Å². The van der Waals surface area contributed by atoms with Crippen LogP contribution in [0.5, 0.6) is 0 Å². The summed E-state index contributed by atoms with van der Waals surface area (Å²) in [6.45, 7) is 1.99. The summed E-state index contributed by atoms with van der Waals surface area (Å²) in [5.74, 6) is 0. The molecule has 0 aliphatic carbocycles. The van der Waals surface area contributed by atoms with Gasteiger partial charge in [0.1, 0.15) is 0 Å². The SMILES string of the molecule is CN(C)CCCCN.[I][Sn]([I])([I])[I]. The zero-order valence-corrected chi connectivity index (χ0v) is 19.3. The topological polar surface area (TPSA) is 29.3 Å². The van der Waals surface area contributed by atoms with Crippen molar-refractivity contribution in [3.05, 3.63) is 0 Å². The van der Waals surface area contributed by atoms with Gasteiger partial charge in [-0.15, -0.1) is 0 Å². The van der Waals surface area contributed by atoms with Crippen LogP contribution in [0.3, 0.4) is 0 Å². The van der Waals surface area contributed by atoms with Crippen molar-refractivity contribution in [3.8, 4) is 0 Å². The monoisotopic (exact) mass is 744 g/mol. The van der Waals surface area contributed by atoms with Crippen LogP contribution in [0.1, 0.15) is 12.8 Å². The van der Waals surface area contributed by atoms with Crippen LogP contribution in [0.25, 0.3) is 0 Å². The van der Waals surface area contributed by atoms with Crippen LogP contribution in [0.15, 0.2) is 0 Å². The summed E-state index contributed by atoms with van der Waals surface area (Å²) in [5.41, 5.74) is 5.30. The van der Waals surface area contributed by atoms with Crippen molar-refractivity contribution in [2.24, 2.45) is 5.73 Å². The van der Waals surface area contributed by atoms with Crippen molar-refractivity contribution in [2.45, 2.75) is 12.8 Å². The van der Waals surface area contributed by atoms with E-state index in [4.69, 9.17) is 5.73 Å². The molecule has 0 unspecified atom stereocenters. The van der Waals surface area contributed by atoms with Crippen LogP contribution in [0.4, 0.5) is 0 Å². The van der Waals surface area contributed by atoms with Gasteiger partial charge in [0.25, 0.3) is 0 Å². The molecule has 82 valence electrons. The van der Waals surface area contributed by atoms with E-state index in [0.717, 1.165) is 19.5 Å². The molecule has 2 nitrogen and oxygen atoms in total. The molecule has 7 heteroatoms. The third kappa shape index (κ3) is 39.0. The van der Waals surface area contributed by atoms with Crippen molar-refractivity contribution in [2.75, 3.05) is 27.2 Å². The predicted molar refractivity (Wildman–Crippen MR) is 98.7 cm³/mol. The zero-order valence-electron chi connectivity index (χ0n) is 7.86. The van der Waals surface area contributed by atoms with Gasteiger partial charge in [-0.1, -0.05) is 0 Å². The molecule has 0 aliphatic rings. The Hall–Kier alpha value is 3.64. The Balaban J connectivity index is 0. The van der Waals surface area contributed by atoms with E-state index in [9.17, 15) is 0 Å². The number of nitrogens with zero attached hydrogens (tertiary/aromatic N) is 1. The zero-order chi connectivity index (χ0) is 10.9. The van der Waals surface area contributed by atoms with Gasteiger partial charge < -0.3 is 10.6 Å². The molecule has 13 heavy (non-hydrogen) atoms. The molecule has 0 aromatic carbocycles. The first-order valence-corrected chi connectivity index (χ1v) is 37.1. The third-order valence-corrected chi connectivity index (χ3v) is 1.06. The first kappa shape index (κ1) is 19.0. The number of hydrogen-bond donors (Lipinski definition) is 1. The molecule has 0 rings (SSSR count). The number of halogens is 4. The molecule has 0 amide bonds. The van der Waals surface area contributed by atoms with Crippen molar-refractivity contribution in [1.82, 2.24) is 4.90 Å². The summed E-state index contributed by atoms with van der Waals surface area (Å²) >= 11 is 10.2. The Morgan fingerprint density at radius 2 is 1.46 bits per heavy atom. The van der Waals surface area contributed by atoms with Gasteiger partial charge in [-0.3, -0.25) is 0 Å². The minimum atomic E-state index is -1.30. The minimum absolute atomic E-state index is 0.827. The number of unbranched alkanes of at least 4 members (excludes halogenated alkanes) is 1. The van der Waals surface area contributed by atoms with Gasteiger partial charge >= 0.3 is 77.0 Å². The fourth-order valence-corrected chi connectivity index (χ4v) is 0.572. The summed E-state index contributed by atoms with van der Waals surface area (Å²) in [6.07, 6.45) is 2.38. The van der Waals surface area contributed by atoms with E-state index in [-0.39, 0.29) is 0 Å². The summed E-state index contributed by atoms with van der Waals surface area (Å²) < 4.78 is -1.30. The van der Waals surface area contributed by atoms with Crippen molar-refractivity contribution in [1.29, 1.82) is 0 Å². The quantitative estimate of drug-likeness (QED) is 0.272. The molecule has 0 spiro atoms. The first-order chi connectivity index (χ1) is 5.77. The van der Waals surface area contributed by atoms with Gasteiger partial charge in [-0.05, 0) is 40.0 Å². The molecule has 0 aliphatic heterocycles. The van der Waals surface area contributed by atoms with E-state index in [0.29, 0.717) is 0 Å². The molecule has 0 saturated heterocycles. The Kier molecular flexibility index (Phi) is 17.7. The van der Waals surface area contributed by atoms with Crippen molar-refractivity contribution < 1.29 is 0 Å². The Morgan fingerprint density at radius 3 is 1.69 bits per heavy atom. The Labute approximate surface area is 125 Å². The van der Waals surface area contributed by atoms with Crippen LogP contribution in [0, 0.1) is 0 Å². The second-order valence-corrected chi connectivity index (χ2v) is 132. The van der Waals surface area contributed by atoms with Gasteiger partial charge in [-0.2, -0.15) is 0 Å². The van der Waals surface area contributed by atoms with Gasteiger partial charge in [-0.25, -0.2) is 0 Å². The number of rotatable bonds is 4. The molecule has 0 aromatic heterocycles. The van der Waals surface area contributed by atoms with Crippen LogP contribution in [-0.4, -0.2) is 34.6 Å². The number of hydrogen-bond acceptors (Lipinski definition) is 2. The van der Waals surface area contributed by atoms with Gasteiger partial charge in [0.05, 0.1) is 0 Å². The fourth-order valence-electron chi connectivity index (χ4n) is 0.572. The maximum atomic E-state index is 5.30. The fraction of sp³-hybridized carbons (Fsp3) is 1.00. The molecule has 0 aromatic rings. The van der Waals surface area contributed by atoms with Crippen LogP contribution >= 0.6 is 74.5 Å². The van der Waals surface area contributed by atoms with Crippen molar-refractivity contribution in [3.63, 3.8) is 0 Å². The van der Waals surface area contributed by atoms with Crippen LogP contribution in [-0.2, 0) is 0 Å². The summed E-state index contributed by atoms with van der Waals surface area (Å²) in [7, 11) is 4.16. The van der Waals surface area contributed by atoms with Crippen LogP contribution in [0.2, 0.25) is 0 Å². The van der Waals surface area contributed by atoms with E-state index in [2.05, 4.69) is 93.5 Å². The summed E-state index contributed by atoms with van der Waals surface area (Å²) in [5, 5.41) is 0. The normalized spacial score (nSPS) is 11.1. The molecule has 0 bridgehead atoms. The molecule has 0 saturated carbocycles. The molecule has 0 fully saturated rings. The average Bonchev–Trinajstić information content (AvgIpc) is 1.83. The Bertz CT molecular complexity index is 101. The van der Waals surface area contributed by atoms with Crippen LogP contribution < -0.4 is 5.73 Å². The predicted octanol–water partition coefficient (Wildman–Crippen LogP) is 3.45. The second-order valence-electron chi connectivity index (χ2n) is 2.73. The van der Waals surface area contributed by atoms with E-state index >= 15 is 0 Å². The maximum absolute atomic E-state index is 5.30. The molecule has 0 heterocycles. The van der Waals surface area contributed by atoms with E-state index in [1.54, 1.807) is 0 Å². The second kappa shape index (κ2) is 12.1. The molecular weight excluding hydrogens is 726 g/mol. The number of nitrogens with two attached hydrogens (primary N) is 1.